The third-order valence-corrected chi connectivity index (χ3v) is 5.14. The molecule has 3 rings (SSSR count). The van der Waals surface area contributed by atoms with E-state index in [-0.39, 0.29) is 11.9 Å². The van der Waals surface area contributed by atoms with Crippen LogP contribution in [-0.4, -0.2) is 65.5 Å². The molecule has 1 atom stereocenters. The van der Waals surface area contributed by atoms with Crippen LogP contribution in [0.4, 0.5) is 0 Å². The van der Waals surface area contributed by atoms with E-state index in [1.165, 1.54) is 0 Å². The van der Waals surface area contributed by atoms with Crippen LogP contribution < -0.4 is 0 Å². The fraction of sp³-hybridized carbons (Fsp3) is 0.500. The molecule has 0 aliphatic carbocycles. The van der Waals surface area contributed by atoms with Crippen LogP contribution in [0.2, 0.25) is 0 Å². The number of carbonyl (C=O) groups is 1. The molecule has 2 aromatic rings. The van der Waals surface area contributed by atoms with Crippen molar-refractivity contribution in [3.05, 3.63) is 53.4 Å². The molecule has 0 saturated carbocycles. The SMILES string of the molecule is Cc1cc(CN2CCN(CC(=O)N(C)C(C)c3ccccc3)CC2)on1. The number of hydrogen-bond donors (Lipinski definition) is 0. The highest BCUT2D eigenvalue weighted by Crippen LogP contribution is 2.18. The molecule has 6 heteroatoms. The number of piperazine rings is 1. The maximum Gasteiger partial charge on any atom is 0.236 e. The third-order valence-electron chi connectivity index (χ3n) is 5.14. The number of rotatable bonds is 6. The summed E-state index contributed by atoms with van der Waals surface area (Å²) >= 11 is 0. The normalized spacial score (nSPS) is 17.2. The predicted molar refractivity (Wildman–Crippen MR) is 101 cm³/mol. The summed E-state index contributed by atoms with van der Waals surface area (Å²) in [5.74, 6) is 1.07. The van der Waals surface area contributed by atoms with Gasteiger partial charge in [-0.1, -0.05) is 35.5 Å². The lowest BCUT2D eigenvalue weighted by molar-refractivity contribution is -0.133. The molecule has 0 N–H and O–H groups in total. The van der Waals surface area contributed by atoms with Crippen LogP contribution in [0.1, 0.15) is 30.0 Å². The van der Waals surface area contributed by atoms with Crippen molar-refractivity contribution in [3.63, 3.8) is 0 Å². The highest BCUT2D eigenvalue weighted by atomic mass is 16.5. The Morgan fingerprint density at radius 2 is 1.85 bits per heavy atom. The van der Waals surface area contributed by atoms with Gasteiger partial charge < -0.3 is 9.42 Å². The third kappa shape index (κ3) is 4.71. The van der Waals surface area contributed by atoms with Crippen LogP contribution in [0.5, 0.6) is 0 Å². The van der Waals surface area contributed by atoms with Crippen molar-refractivity contribution in [3.8, 4) is 0 Å². The zero-order valence-electron chi connectivity index (χ0n) is 15.9. The minimum absolute atomic E-state index is 0.0830. The van der Waals surface area contributed by atoms with Gasteiger partial charge in [0, 0.05) is 39.3 Å². The molecule has 1 aromatic heterocycles. The summed E-state index contributed by atoms with van der Waals surface area (Å²) in [6, 6.07) is 12.2. The second-order valence-electron chi connectivity index (χ2n) is 7.08. The van der Waals surface area contributed by atoms with E-state index in [0.717, 1.165) is 49.7 Å². The molecule has 140 valence electrons. The maximum absolute atomic E-state index is 12.6. The van der Waals surface area contributed by atoms with Gasteiger partial charge in [0.25, 0.3) is 0 Å². The van der Waals surface area contributed by atoms with Gasteiger partial charge >= 0.3 is 0 Å². The second kappa shape index (κ2) is 8.47. The molecule has 1 amide bonds. The first-order chi connectivity index (χ1) is 12.5. The number of benzene rings is 1. The Kier molecular flexibility index (Phi) is 6.06. The van der Waals surface area contributed by atoms with Crippen molar-refractivity contribution in [2.24, 2.45) is 0 Å². The fourth-order valence-electron chi connectivity index (χ4n) is 3.29. The molecule has 1 aliphatic rings. The van der Waals surface area contributed by atoms with Crippen LogP contribution in [0.3, 0.4) is 0 Å². The lowest BCUT2D eigenvalue weighted by Gasteiger charge is -2.35. The number of amides is 1. The smallest absolute Gasteiger partial charge is 0.236 e. The Morgan fingerprint density at radius 3 is 2.46 bits per heavy atom. The van der Waals surface area contributed by atoms with Crippen LogP contribution in [0.15, 0.2) is 40.9 Å². The van der Waals surface area contributed by atoms with E-state index in [4.69, 9.17) is 4.52 Å². The lowest BCUT2D eigenvalue weighted by atomic mass is 10.1. The minimum Gasteiger partial charge on any atom is -0.360 e. The summed E-state index contributed by atoms with van der Waals surface area (Å²) in [6.45, 7) is 8.93. The van der Waals surface area contributed by atoms with Gasteiger partial charge in [0.05, 0.1) is 24.8 Å². The molecule has 1 aliphatic heterocycles. The number of nitrogens with zero attached hydrogens (tertiary/aromatic N) is 4. The van der Waals surface area contributed by atoms with E-state index in [9.17, 15) is 4.79 Å². The summed E-state index contributed by atoms with van der Waals surface area (Å²) < 4.78 is 5.29. The molecular formula is C20H28N4O2. The lowest BCUT2D eigenvalue weighted by Crippen LogP contribution is -2.49. The quantitative estimate of drug-likeness (QED) is 0.795. The van der Waals surface area contributed by atoms with Crippen molar-refractivity contribution in [1.82, 2.24) is 19.9 Å². The van der Waals surface area contributed by atoms with Crippen LogP contribution in [0, 0.1) is 6.92 Å². The molecule has 0 radical (unpaired) electrons. The van der Waals surface area contributed by atoms with Crippen LogP contribution in [-0.2, 0) is 11.3 Å². The van der Waals surface area contributed by atoms with Gasteiger partial charge in [-0.15, -0.1) is 0 Å². The van der Waals surface area contributed by atoms with Crippen LogP contribution in [0.25, 0.3) is 0 Å². The van der Waals surface area contributed by atoms with Crippen molar-refractivity contribution in [1.29, 1.82) is 0 Å². The van der Waals surface area contributed by atoms with Crippen LogP contribution >= 0.6 is 0 Å². The molecule has 1 saturated heterocycles. The average Bonchev–Trinajstić information content (AvgIpc) is 3.07. The molecule has 0 spiro atoms. The topological polar surface area (TPSA) is 52.8 Å². The molecule has 1 unspecified atom stereocenters. The van der Waals surface area contributed by atoms with E-state index < -0.39 is 0 Å². The maximum atomic E-state index is 12.6. The summed E-state index contributed by atoms with van der Waals surface area (Å²) in [5, 5.41) is 3.94. The van der Waals surface area contributed by atoms with E-state index >= 15 is 0 Å². The Hall–Kier alpha value is -2.18. The molecular weight excluding hydrogens is 328 g/mol. The number of likely N-dealkylation sites (N-methyl/N-ethyl adjacent to an activating group) is 1. The Bertz CT molecular complexity index is 708. The van der Waals surface area contributed by atoms with Gasteiger partial charge in [-0.2, -0.15) is 0 Å². The molecule has 1 aromatic carbocycles. The Balaban J connectivity index is 1.45. The number of aromatic nitrogens is 1. The Morgan fingerprint density at radius 1 is 1.19 bits per heavy atom. The zero-order chi connectivity index (χ0) is 18.5. The highest BCUT2D eigenvalue weighted by Gasteiger charge is 2.23. The minimum atomic E-state index is 0.0830. The number of aryl methyl sites for hydroxylation is 1. The van der Waals surface area contributed by atoms with Gasteiger partial charge in [0.1, 0.15) is 0 Å². The van der Waals surface area contributed by atoms with E-state index in [1.54, 1.807) is 0 Å². The Labute approximate surface area is 155 Å². The standard InChI is InChI=1S/C20H28N4O2/c1-16-13-19(26-21-16)14-23-9-11-24(12-10-23)15-20(25)22(3)17(2)18-7-5-4-6-8-18/h4-8,13,17H,9-12,14-15H2,1-3H3. The number of carbonyl (C=O) groups excluding carboxylic acids is 1. The highest BCUT2D eigenvalue weighted by molar-refractivity contribution is 5.78. The summed E-state index contributed by atoms with van der Waals surface area (Å²) in [4.78, 5) is 19.1. The molecule has 1 fully saturated rings. The van der Waals surface area contributed by atoms with Gasteiger partial charge in [0.2, 0.25) is 5.91 Å². The van der Waals surface area contributed by atoms with E-state index in [0.29, 0.717) is 6.54 Å². The first-order valence-corrected chi connectivity index (χ1v) is 9.20. The summed E-state index contributed by atoms with van der Waals surface area (Å²) in [5.41, 5.74) is 2.08. The zero-order valence-corrected chi connectivity index (χ0v) is 15.9. The van der Waals surface area contributed by atoms with Crippen molar-refractivity contribution < 1.29 is 9.32 Å². The molecule has 2 heterocycles. The van der Waals surface area contributed by atoms with E-state index in [1.807, 2.05) is 43.1 Å². The predicted octanol–water partition coefficient (Wildman–Crippen LogP) is 2.32. The average molecular weight is 356 g/mol. The summed E-state index contributed by atoms with van der Waals surface area (Å²) in [6.07, 6.45) is 0. The van der Waals surface area contributed by atoms with Crippen molar-refractivity contribution >= 4 is 5.91 Å². The fourth-order valence-corrected chi connectivity index (χ4v) is 3.29. The van der Waals surface area contributed by atoms with Gasteiger partial charge in [-0.3, -0.25) is 14.6 Å². The van der Waals surface area contributed by atoms with Crippen molar-refractivity contribution in [2.75, 3.05) is 39.8 Å². The van der Waals surface area contributed by atoms with Gasteiger partial charge in [-0.05, 0) is 19.4 Å². The molecule has 0 bridgehead atoms. The first kappa shape index (κ1) is 18.6. The van der Waals surface area contributed by atoms with Gasteiger partial charge in [-0.25, -0.2) is 0 Å². The summed E-state index contributed by atoms with van der Waals surface area (Å²) in [7, 11) is 1.89. The van der Waals surface area contributed by atoms with E-state index in [2.05, 4.69) is 34.0 Å². The van der Waals surface area contributed by atoms with Gasteiger partial charge in [0.15, 0.2) is 5.76 Å². The monoisotopic (exact) mass is 356 g/mol. The largest absolute Gasteiger partial charge is 0.360 e. The number of hydrogen-bond acceptors (Lipinski definition) is 5. The molecule has 26 heavy (non-hydrogen) atoms. The van der Waals surface area contributed by atoms with Crippen molar-refractivity contribution in [2.45, 2.75) is 26.4 Å². The first-order valence-electron chi connectivity index (χ1n) is 9.20. The molecule has 6 nitrogen and oxygen atoms in total. The second-order valence-corrected chi connectivity index (χ2v) is 7.08.